The maximum absolute atomic E-state index is 13.3. The van der Waals surface area contributed by atoms with Crippen LogP contribution in [0.4, 0.5) is 26.3 Å². The molecule has 0 fully saturated rings. The summed E-state index contributed by atoms with van der Waals surface area (Å²) in [6.07, 6.45) is -4.79. The number of pyridine rings is 1. The Morgan fingerprint density at radius 3 is 2.45 bits per heavy atom. The lowest BCUT2D eigenvalue weighted by Gasteiger charge is -2.12. The smallest absolute Gasteiger partial charge is 0.326 e. The average molecular weight is 440 g/mol. The SMILES string of the molecule is O=C(On1ccc2c(-c3cnn(-c4ccccc4C(F)(F)F)c3)ccnc21)C(F)(F)F. The summed E-state index contributed by atoms with van der Waals surface area (Å²) in [4.78, 5) is 19.3. The molecule has 12 heteroatoms. The molecule has 0 N–H and O–H groups in total. The molecule has 31 heavy (non-hydrogen) atoms. The number of fused-ring (bicyclic) bond motifs is 1. The largest absolute Gasteiger partial charge is 0.493 e. The van der Waals surface area contributed by atoms with E-state index in [4.69, 9.17) is 0 Å². The molecule has 0 aliphatic carbocycles. The molecule has 0 bridgehead atoms. The highest BCUT2D eigenvalue weighted by atomic mass is 19.4. The molecule has 4 aromatic rings. The second kappa shape index (κ2) is 7.15. The number of alkyl halides is 6. The van der Waals surface area contributed by atoms with Gasteiger partial charge in [-0.1, -0.05) is 12.1 Å². The van der Waals surface area contributed by atoms with E-state index in [2.05, 4.69) is 14.9 Å². The fourth-order valence-corrected chi connectivity index (χ4v) is 2.99. The zero-order valence-electron chi connectivity index (χ0n) is 15.1. The monoisotopic (exact) mass is 440 g/mol. The number of hydrogen-bond donors (Lipinski definition) is 0. The lowest BCUT2D eigenvalue weighted by molar-refractivity contribution is -0.199. The molecule has 0 unspecified atom stereocenters. The molecular weight excluding hydrogens is 430 g/mol. The lowest BCUT2D eigenvalue weighted by atomic mass is 10.1. The van der Waals surface area contributed by atoms with E-state index in [9.17, 15) is 31.1 Å². The molecule has 0 amide bonds. The second-order valence-electron chi connectivity index (χ2n) is 6.30. The van der Waals surface area contributed by atoms with E-state index in [1.54, 1.807) is 0 Å². The highest BCUT2D eigenvalue weighted by Crippen LogP contribution is 2.34. The van der Waals surface area contributed by atoms with E-state index >= 15 is 0 Å². The third-order valence-corrected chi connectivity index (χ3v) is 4.32. The predicted octanol–water partition coefficient (Wildman–Crippen LogP) is 4.43. The van der Waals surface area contributed by atoms with Gasteiger partial charge in [-0.05, 0) is 29.8 Å². The van der Waals surface area contributed by atoms with Gasteiger partial charge in [-0.25, -0.2) is 14.5 Å². The fourth-order valence-electron chi connectivity index (χ4n) is 2.99. The topological polar surface area (TPSA) is 61.9 Å². The Balaban J connectivity index is 1.74. The molecule has 0 aliphatic rings. The van der Waals surface area contributed by atoms with Gasteiger partial charge in [0.15, 0.2) is 5.65 Å². The minimum Gasteiger partial charge on any atom is -0.326 e. The predicted molar refractivity (Wildman–Crippen MR) is 94.9 cm³/mol. The van der Waals surface area contributed by atoms with Gasteiger partial charge in [-0.2, -0.15) is 36.2 Å². The van der Waals surface area contributed by atoms with E-state index < -0.39 is 23.9 Å². The Morgan fingerprint density at radius 2 is 1.74 bits per heavy atom. The first-order valence-corrected chi connectivity index (χ1v) is 8.53. The standard InChI is InChI=1S/C19H10F6N4O2/c20-18(21,22)14-3-1-2-4-15(14)28-10-11(9-27-28)12-5-7-26-16-13(12)6-8-29(16)31-17(30)19(23,24)25/h1-10H. The van der Waals surface area contributed by atoms with E-state index in [-0.39, 0.29) is 11.3 Å². The number of benzene rings is 1. The summed E-state index contributed by atoms with van der Waals surface area (Å²) >= 11 is 0. The van der Waals surface area contributed by atoms with Crippen LogP contribution in [-0.4, -0.2) is 31.6 Å². The van der Waals surface area contributed by atoms with Crippen LogP contribution in [0.5, 0.6) is 0 Å². The van der Waals surface area contributed by atoms with Crippen LogP contribution in [0.2, 0.25) is 0 Å². The summed E-state index contributed by atoms with van der Waals surface area (Å²) in [5, 5.41) is 4.29. The van der Waals surface area contributed by atoms with Gasteiger partial charge in [-0.3, -0.25) is 0 Å². The van der Waals surface area contributed by atoms with E-state index in [0.717, 1.165) is 16.9 Å². The summed E-state index contributed by atoms with van der Waals surface area (Å²) in [5.41, 5.74) is -0.358. The number of para-hydroxylation sites is 1. The molecular formula is C19H10F6N4O2. The first kappa shape index (κ1) is 20.4. The maximum atomic E-state index is 13.3. The second-order valence-corrected chi connectivity index (χ2v) is 6.30. The summed E-state index contributed by atoms with van der Waals surface area (Å²) < 4.78 is 78.9. The lowest BCUT2D eigenvalue weighted by Crippen LogP contribution is -2.33. The third-order valence-electron chi connectivity index (χ3n) is 4.32. The van der Waals surface area contributed by atoms with Crippen molar-refractivity contribution in [2.45, 2.75) is 12.4 Å². The fraction of sp³-hybridized carbons (Fsp3) is 0.105. The molecule has 0 saturated heterocycles. The molecule has 1 aromatic carbocycles. The number of carbonyl (C=O) groups excluding carboxylic acids is 1. The van der Waals surface area contributed by atoms with Gasteiger partial charge in [0.05, 0.1) is 17.4 Å². The van der Waals surface area contributed by atoms with Gasteiger partial charge in [0, 0.05) is 29.5 Å². The first-order valence-electron chi connectivity index (χ1n) is 8.53. The molecule has 0 aliphatic heterocycles. The van der Waals surface area contributed by atoms with Gasteiger partial charge >= 0.3 is 18.3 Å². The summed E-state index contributed by atoms with van der Waals surface area (Å²) in [5.74, 6) is -2.42. The van der Waals surface area contributed by atoms with Crippen LogP contribution in [-0.2, 0) is 11.0 Å². The van der Waals surface area contributed by atoms with Crippen LogP contribution < -0.4 is 4.84 Å². The third kappa shape index (κ3) is 3.83. The van der Waals surface area contributed by atoms with Crippen LogP contribution in [0, 0.1) is 0 Å². The number of hydrogen-bond acceptors (Lipinski definition) is 4. The van der Waals surface area contributed by atoms with Crippen LogP contribution >= 0.6 is 0 Å². The Bertz CT molecular complexity index is 1270. The Labute approximate surface area is 169 Å². The number of halogens is 6. The summed E-state index contributed by atoms with van der Waals surface area (Å²) in [7, 11) is 0. The first-order chi connectivity index (χ1) is 14.6. The van der Waals surface area contributed by atoms with Crippen molar-refractivity contribution in [2.75, 3.05) is 0 Å². The Kier molecular flexibility index (Phi) is 4.71. The molecule has 0 radical (unpaired) electrons. The van der Waals surface area contributed by atoms with E-state index in [1.165, 1.54) is 48.9 Å². The van der Waals surface area contributed by atoms with Crippen molar-refractivity contribution < 1.29 is 36.0 Å². The Morgan fingerprint density at radius 1 is 1.00 bits per heavy atom. The molecule has 3 aromatic heterocycles. The minimum absolute atomic E-state index is 0.0847. The van der Waals surface area contributed by atoms with Crippen molar-refractivity contribution in [1.29, 1.82) is 0 Å². The van der Waals surface area contributed by atoms with Gasteiger partial charge in [0.2, 0.25) is 0 Å². The normalized spacial score (nSPS) is 12.3. The van der Waals surface area contributed by atoms with Crippen molar-refractivity contribution in [2.24, 2.45) is 0 Å². The number of aromatic nitrogens is 4. The van der Waals surface area contributed by atoms with Gasteiger partial charge in [0.1, 0.15) is 0 Å². The Hall–Kier alpha value is -3.83. The van der Waals surface area contributed by atoms with Gasteiger partial charge < -0.3 is 4.84 Å². The van der Waals surface area contributed by atoms with E-state index in [1.807, 2.05) is 0 Å². The zero-order valence-corrected chi connectivity index (χ0v) is 15.1. The number of carbonyl (C=O) groups is 1. The molecule has 160 valence electrons. The summed E-state index contributed by atoms with van der Waals surface area (Å²) in [6, 6.07) is 7.75. The molecule has 0 atom stereocenters. The van der Waals surface area contributed by atoms with E-state index in [0.29, 0.717) is 21.2 Å². The van der Waals surface area contributed by atoms with Crippen LogP contribution in [0.1, 0.15) is 5.56 Å². The maximum Gasteiger partial charge on any atom is 0.493 e. The quantitative estimate of drug-likeness (QED) is 0.443. The van der Waals surface area contributed by atoms with Crippen LogP contribution in [0.3, 0.4) is 0 Å². The van der Waals surface area contributed by atoms with Crippen molar-refractivity contribution in [1.82, 2.24) is 19.5 Å². The van der Waals surface area contributed by atoms with Crippen molar-refractivity contribution in [3.8, 4) is 16.8 Å². The highest BCUT2D eigenvalue weighted by molar-refractivity contribution is 5.93. The van der Waals surface area contributed by atoms with Crippen molar-refractivity contribution in [3.05, 3.63) is 66.7 Å². The summed E-state index contributed by atoms with van der Waals surface area (Å²) in [6.45, 7) is 0. The van der Waals surface area contributed by atoms with Gasteiger partial charge in [0.25, 0.3) is 0 Å². The van der Waals surface area contributed by atoms with Gasteiger partial charge in [-0.15, -0.1) is 0 Å². The highest BCUT2D eigenvalue weighted by Gasteiger charge is 2.42. The van der Waals surface area contributed by atoms with Crippen molar-refractivity contribution in [3.63, 3.8) is 0 Å². The zero-order chi connectivity index (χ0) is 22.4. The van der Waals surface area contributed by atoms with Crippen LogP contribution in [0.15, 0.2) is 61.2 Å². The molecule has 3 heterocycles. The average Bonchev–Trinajstić information content (AvgIpc) is 3.34. The number of nitrogens with zero attached hydrogens (tertiary/aromatic N) is 4. The van der Waals surface area contributed by atoms with Crippen molar-refractivity contribution >= 4 is 17.0 Å². The molecule has 6 nitrogen and oxygen atoms in total. The molecule has 0 saturated carbocycles. The van der Waals surface area contributed by atoms with Crippen LogP contribution in [0.25, 0.3) is 27.8 Å². The minimum atomic E-state index is -5.19. The number of rotatable bonds is 3. The molecule has 4 rings (SSSR count). The molecule has 0 spiro atoms.